The molecule has 0 fully saturated rings. The molecule has 0 aliphatic carbocycles. The van der Waals surface area contributed by atoms with Crippen molar-refractivity contribution in [1.29, 1.82) is 0 Å². The van der Waals surface area contributed by atoms with Crippen molar-refractivity contribution in [3.63, 3.8) is 0 Å². The summed E-state index contributed by atoms with van der Waals surface area (Å²) in [5.74, 6) is 1.97. The van der Waals surface area contributed by atoms with E-state index in [1.165, 1.54) is 89.9 Å². The van der Waals surface area contributed by atoms with Crippen LogP contribution in [0, 0.1) is 11.8 Å². The lowest BCUT2D eigenvalue weighted by Crippen LogP contribution is -2.03. The predicted molar refractivity (Wildman–Crippen MR) is 94.3 cm³/mol. The van der Waals surface area contributed by atoms with Gasteiger partial charge in [0.15, 0.2) is 0 Å². The quantitative estimate of drug-likeness (QED) is 0.269. The van der Waals surface area contributed by atoms with Gasteiger partial charge >= 0.3 is 0 Å². The summed E-state index contributed by atoms with van der Waals surface area (Å²) in [5.41, 5.74) is 0. The highest BCUT2D eigenvalue weighted by molar-refractivity contribution is 4.62. The summed E-state index contributed by atoms with van der Waals surface area (Å²) in [5, 5.41) is 0. The topological polar surface area (TPSA) is 0 Å². The molecule has 0 radical (unpaired) electrons. The molecule has 0 saturated carbocycles. The molecular weight excluding hydrogens is 240 g/mol. The van der Waals surface area contributed by atoms with Gasteiger partial charge in [0.25, 0.3) is 0 Å². The van der Waals surface area contributed by atoms with E-state index >= 15 is 0 Å². The van der Waals surface area contributed by atoms with Crippen molar-refractivity contribution < 1.29 is 0 Å². The van der Waals surface area contributed by atoms with Crippen LogP contribution in [0.5, 0.6) is 0 Å². The van der Waals surface area contributed by atoms with Gasteiger partial charge in [0.2, 0.25) is 0 Å². The Kier molecular flexibility index (Phi) is 15.4. The van der Waals surface area contributed by atoms with Gasteiger partial charge < -0.3 is 0 Å². The molecule has 0 saturated heterocycles. The van der Waals surface area contributed by atoms with E-state index in [0.717, 1.165) is 11.8 Å². The third-order valence-electron chi connectivity index (χ3n) is 4.91. The average molecular weight is 283 g/mol. The maximum Gasteiger partial charge on any atom is -0.0417 e. The third-order valence-corrected chi connectivity index (χ3v) is 4.91. The molecule has 0 amide bonds. The molecule has 0 aromatic carbocycles. The summed E-state index contributed by atoms with van der Waals surface area (Å²) in [6.07, 6.45) is 20.2. The molecule has 0 aliphatic heterocycles. The second kappa shape index (κ2) is 15.4. The van der Waals surface area contributed by atoms with Crippen molar-refractivity contribution in [2.75, 3.05) is 0 Å². The van der Waals surface area contributed by atoms with E-state index in [1.807, 2.05) is 0 Å². The molecule has 0 bridgehead atoms. The molecule has 0 aromatic heterocycles. The van der Waals surface area contributed by atoms with Crippen molar-refractivity contribution in [2.24, 2.45) is 11.8 Å². The standard InChI is InChI=1S/C20H42/c1-5-8-10-12-13-15-19(4)17-18-20(7-3)16-14-11-9-6-2/h19-20H,5-18H2,1-4H3. The van der Waals surface area contributed by atoms with Gasteiger partial charge in [-0.25, -0.2) is 0 Å². The number of rotatable bonds is 15. The van der Waals surface area contributed by atoms with Gasteiger partial charge in [-0.15, -0.1) is 0 Å². The molecular formula is C20H42. The second-order valence-corrected chi connectivity index (χ2v) is 7.01. The number of unbranched alkanes of at least 4 members (excludes halogenated alkanes) is 7. The Hall–Kier alpha value is 0. The Morgan fingerprint density at radius 2 is 1.10 bits per heavy atom. The van der Waals surface area contributed by atoms with Gasteiger partial charge in [0.05, 0.1) is 0 Å². The Morgan fingerprint density at radius 1 is 0.550 bits per heavy atom. The molecule has 0 aliphatic rings. The zero-order valence-corrected chi connectivity index (χ0v) is 15.1. The molecule has 0 N–H and O–H groups in total. The first kappa shape index (κ1) is 20.0. The first-order valence-electron chi connectivity index (χ1n) is 9.74. The van der Waals surface area contributed by atoms with Crippen LogP contribution < -0.4 is 0 Å². The predicted octanol–water partition coefficient (Wildman–Crippen LogP) is 7.76. The minimum absolute atomic E-state index is 0.960. The first-order chi connectivity index (χ1) is 9.74. The molecule has 2 atom stereocenters. The summed E-state index contributed by atoms with van der Waals surface area (Å²) in [7, 11) is 0. The average Bonchev–Trinajstić information content (AvgIpc) is 2.46. The molecule has 2 unspecified atom stereocenters. The van der Waals surface area contributed by atoms with Gasteiger partial charge in [0, 0.05) is 0 Å². The lowest BCUT2D eigenvalue weighted by atomic mass is 9.88. The Morgan fingerprint density at radius 3 is 1.70 bits per heavy atom. The van der Waals surface area contributed by atoms with Crippen LogP contribution in [0.25, 0.3) is 0 Å². The largest absolute Gasteiger partial charge is 0.0654 e. The van der Waals surface area contributed by atoms with Crippen molar-refractivity contribution in [1.82, 2.24) is 0 Å². The fourth-order valence-electron chi connectivity index (χ4n) is 3.17. The van der Waals surface area contributed by atoms with Crippen LogP contribution in [0.1, 0.15) is 118 Å². The molecule has 0 heterocycles. The smallest absolute Gasteiger partial charge is 0.0417 e. The van der Waals surface area contributed by atoms with Gasteiger partial charge in [0.1, 0.15) is 0 Å². The lowest BCUT2D eigenvalue weighted by Gasteiger charge is -2.18. The van der Waals surface area contributed by atoms with E-state index in [-0.39, 0.29) is 0 Å². The normalized spacial score (nSPS) is 14.4. The number of hydrogen-bond donors (Lipinski definition) is 0. The molecule has 0 nitrogen and oxygen atoms in total. The van der Waals surface area contributed by atoms with Crippen molar-refractivity contribution in [3.05, 3.63) is 0 Å². The first-order valence-corrected chi connectivity index (χ1v) is 9.74. The van der Waals surface area contributed by atoms with Gasteiger partial charge in [-0.1, -0.05) is 118 Å². The second-order valence-electron chi connectivity index (χ2n) is 7.01. The molecule has 122 valence electrons. The van der Waals surface area contributed by atoms with Crippen LogP contribution in [0.15, 0.2) is 0 Å². The lowest BCUT2D eigenvalue weighted by molar-refractivity contribution is 0.353. The van der Waals surface area contributed by atoms with Crippen LogP contribution in [-0.2, 0) is 0 Å². The van der Waals surface area contributed by atoms with Gasteiger partial charge in [-0.2, -0.15) is 0 Å². The SMILES string of the molecule is CCCCCCCC(C)CCC(CC)CCCCCC. The molecule has 20 heavy (non-hydrogen) atoms. The Balaban J connectivity index is 3.50. The molecule has 0 spiro atoms. The van der Waals surface area contributed by atoms with Crippen molar-refractivity contribution in [2.45, 2.75) is 118 Å². The van der Waals surface area contributed by atoms with E-state index in [4.69, 9.17) is 0 Å². The monoisotopic (exact) mass is 282 g/mol. The summed E-state index contributed by atoms with van der Waals surface area (Å²) < 4.78 is 0. The van der Waals surface area contributed by atoms with E-state index in [2.05, 4.69) is 27.7 Å². The van der Waals surface area contributed by atoms with Crippen molar-refractivity contribution in [3.8, 4) is 0 Å². The molecule has 0 rings (SSSR count). The van der Waals surface area contributed by atoms with Gasteiger partial charge in [-0.3, -0.25) is 0 Å². The van der Waals surface area contributed by atoms with Crippen LogP contribution in [0.3, 0.4) is 0 Å². The molecule has 0 aromatic rings. The third kappa shape index (κ3) is 13.0. The maximum atomic E-state index is 2.48. The Labute approximate surface area is 130 Å². The minimum Gasteiger partial charge on any atom is -0.0654 e. The summed E-state index contributed by atoms with van der Waals surface area (Å²) in [6.45, 7) is 9.47. The Bertz CT molecular complexity index is 173. The highest BCUT2D eigenvalue weighted by Crippen LogP contribution is 2.24. The van der Waals surface area contributed by atoms with Gasteiger partial charge in [-0.05, 0) is 11.8 Å². The highest BCUT2D eigenvalue weighted by atomic mass is 14.1. The van der Waals surface area contributed by atoms with E-state index in [1.54, 1.807) is 0 Å². The number of hydrogen-bond acceptors (Lipinski definition) is 0. The zero-order chi connectivity index (χ0) is 15.1. The zero-order valence-electron chi connectivity index (χ0n) is 15.1. The maximum absolute atomic E-state index is 2.48. The van der Waals surface area contributed by atoms with Crippen LogP contribution in [0.2, 0.25) is 0 Å². The minimum atomic E-state index is 0.960. The summed E-state index contributed by atoms with van der Waals surface area (Å²) in [4.78, 5) is 0. The summed E-state index contributed by atoms with van der Waals surface area (Å²) in [6, 6.07) is 0. The summed E-state index contributed by atoms with van der Waals surface area (Å²) >= 11 is 0. The fourth-order valence-corrected chi connectivity index (χ4v) is 3.17. The van der Waals surface area contributed by atoms with Crippen LogP contribution in [0.4, 0.5) is 0 Å². The van der Waals surface area contributed by atoms with Crippen molar-refractivity contribution >= 4 is 0 Å². The van der Waals surface area contributed by atoms with Crippen LogP contribution in [-0.4, -0.2) is 0 Å². The van der Waals surface area contributed by atoms with Crippen LogP contribution >= 0.6 is 0 Å². The fraction of sp³-hybridized carbons (Fsp3) is 1.00. The van der Waals surface area contributed by atoms with E-state index < -0.39 is 0 Å². The van der Waals surface area contributed by atoms with E-state index in [9.17, 15) is 0 Å². The highest BCUT2D eigenvalue weighted by Gasteiger charge is 2.09. The van der Waals surface area contributed by atoms with E-state index in [0.29, 0.717) is 0 Å². The molecule has 0 heteroatoms.